The van der Waals surface area contributed by atoms with E-state index >= 15 is 0 Å². The van der Waals surface area contributed by atoms with Crippen LogP contribution in [-0.4, -0.2) is 10.9 Å². The molecule has 0 spiro atoms. The number of aryl methyl sites for hydroxylation is 1. The van der Waals surface area contributed by atoms with Gasteiger partial charge in [0.25, 0.3) is 5.91 Å². The molecular formula is C20H16F3N3O. The lowest BCUT2D eigenvalue weighted by Crippen LogP contribution is -2.23. The third-order valence-corrected chi connectivity index (χ3v) is 3.85. The second kappa shape index (κ2) is 7.90. The highest BCUT2D eigenvalue weighted by Crippen LogP contribution is 2.23. The molecule has 138 valence electrons. The van der Waals surface area contributed by atoms with Gasteiger partial charge in [0, 0.05) is 6.54 Å². The van der Waals surface area contributed by atoms with Gasteiger partial charge in [-0.05, 0) is 36.8 Å². The Balaban J connectivity index is 1.64. The molecule has 0 saturated carbocycles. The van der Waals surface area contributed by atoms with Gasteiger partial charge in [0.05, 0.1) is 17.6 Å². The molecule has 3 rings (SSSR count). The summed E-state index contributed by atoms with van der Waals surface area (Å²) in [6, 6.07) is 12.6. The number of pyridine rings is 1. The molecular weight excluding hydrogens is 355 g/mol. The van der Waals surface area contributed by atoms with Gasteiger partial charge >= 0.3 is 0 Å². The van der Waals surface area contributed by atoms with E-state index in [0.717, 1.165) is 23.3 Å². The van der Waals surface area contributed by atoms with Crippen LogP contribution in [-0.2, 0) is 6.54 Å². The van der Waals surface area contributed by atoms with E-state index in [1.54, 1.807) is 0 Å². The predicted molar refractivity (Wildman–Crippen MR) is 96.2 cm³/mol. The summed E-state index contributed by atoms with van der Waals surface area (Å²) >= 11 is 0. The summed E-state index contributed by atoms with van der Waals surface area (Å²) in [7, 11) is 0. The van der Waals surface area contributed by atoms with Gasteiger partial charge < -0.3 is 10.6 Å². The van der Waals surface area contributed by atoms with Crippen LogP contribution in [0.5, 0.6) is 0 Å². The number of nitrogens with one attached hydrogen (secondary N) is 2. The third kappa shape index (κ3) is 4.44. The fourth-order valence-corrected chi connectivity index (χ4v) is 2.48. The number of anilines is 2. The van der Waals surface area contributed by atoms with E-state index in [1.807, 2.05) is 31.2 Å². The van der Waals surface area contributed by atoms with Crippen LogP contribution in [0.25, 0.3) is 0 Å². The lowest BCUT2D eigenvalue weighted by atomic mass is 10.1. The van der Waals surface area contributed by atoms with E-state index in [2.05, 4.69) is 15.6 Å². The molecule has 0 bridgehead atoms. The molecule has 1 aromatic heterocycles. The minimum Gasteiger partial charge on any atom is -0.352 e. The molecule has 0 unspecified atom stereocenters. The predicted octanol–water partition coefficient (Wildman–Crippen LogP) is 4.48. The molecule has 0 radical (unpaired) electrons. The number of benzene rings is 2. The molecule has 7 heteroatoms. The van der Waals surface area contributed by atoms with Crippen LogP contribution in [0.4, 0.5) is 24.5 Å². The van der Waals surface area contributed by atoms with Crippen molar-refractivity contribution in [3.05, 3.63) is 89.0 Å². The highest BCUT2D eigenvalue weighted by Gasteiger charge is 2.14. The van der Waals surface area contributed by atoms with Gasteiger partial charge in [-0.15, -0.1) is 0 Å². The first-order valence-electron chi connectivity index (χ1n) is 8.14. The molecule has 2 aromatic carbocycles. The van der Waals surface area contributed by atoms with Crippen molar-refractivity contribution in [1.29, 1.82) is 0 Å². The van der Waals surface area contributed by atoms with Gasteiger partial charge in [-0.25, -0.2) is 18.2 Å². The topological polar surface area (TPSA) is 54.0 Å². The molecule has 0 saturated heterocycles. The first-order valence-corrected chi connectivity index (χ1v) is 8.14. The lowest BCUT2D eigenvalue weighted by Gasteiger charge is -2.09. The number of hydrogen-bond donors (Lipinski definition) is 2. The Morgan fingerprint density at radius 2 is 1.85 bits per heavy atom. The quantitative estimate of drug-likeness (QED) is 0.650. The number of carbonyl (C=O) groups is 1. The van der Waals surface area contributed by atoms with Crippen LogP contribution in [0.1, 0.15) is 21.6 Å². The Morgan fingerprint density at radius 3 is 2.56 bits per heavy atom. The first kappa shape index (κ1) is 18.4. The van der Waals surface area contributed by atoms with Crippen molar-refractivity contribution in [2.45, 2.75) is 13.5 Å². The van der Waals surface area contributed by atoms with Gasteiger partial charge in [0.15, 0.2) is 17.5 Å². The number of nitrogens with zero attached hydrogens (tertiary/aromatic N) is 1. The monoisotopic (exact) mass is 371 g/mol. The Kier molecular flexibility index (Phi) is 5.40. The summed E-state index contributed by atoms with van der Waals surface area (Å²) in [5.74, 6) is -4.51. The molecule has 0 atom stereocenters. The summed E-state index contributed by atoms with van der Waals surface area (Å²) < 4.78 is 39.9. The Labute approximate surface area is 154 Å². The Hall–Kier alpha value is -3.35. The largest absolute Gasteiger partial charge is 0.352 e. The van der Waals surface area contributed by atoms with Crippen molar-refractivity contribution < 1.29 is 18.0 Å². The molecule has 1 amide bonds. The van der Waals surface area contributed by atoms with Crippen molar-refractivity contribution in [3.63, 3.8) is 0 Å². The van der Waals surface area contributed by atoms with E-state index < -0.39 is 17.5 Å². The summed E-state index contributed by atoms with van der Waals surface area (Å²) in [6.07, 6.45) is 1.31. The number of hydrogen-bond acceptors (Lipinski definition) is 3. The molecule has 4 nitrogen and oxygen atoms in total. The van der Waals surface area contributed by atoms with Crippen molar-refractivity contribution in [2.75, 3.05) is 5.32 Å². The highest BCUT2D eigenvalue weighted by atomic mass is 19.2. The van der Waals surface area contributed by atoms with Gasteiger partial charge in [-0.3, -0.25) is 4.79 Å². The normalized spacial score (nSPS) is 10.5. The van der Waals surface area contributed by atoms with Crippen molar-refractivity contribution >= 4 is 17.3 Å². The third-order valence-electron chi connectivity index (χ3n) is 3.85. The maximum Gasteiger partial charge on any atom is 0.270 e. The average Bonchev–Trinajstić information content (AvgIpc) is 2.67. The van der Waals surface area contributed by atoms with Gasteiger partial charge in [-0.1, -0.05) is 29.8 Å². The zero-order valence-corrected chi connectivity index (χ0v) is 14.4. The van der Waals surface area contributed by atoms with Gasteiger partial charge in [0.2, 0.25) is 0 Å². The van der Waals surface area contributed by atoms with Crippen LogP contribution < -0.4 is 10.6 Å². The van der Waals surface area contributed by atoms with Crippen molar-refractivity contribution in [3.8, 4) is 0 Å². The fourth-order valence-electron chi connectivity index (χ4n) is 2.48. The summed E-state index contributed by atoms with van der Waals surface area (Å²) in [6.45, 7) is 2.33. The van der Waals surface area contributed by atoms with Gasteiger partial charge in [-0.2, -0.15) is 0 Å². The SMILES string of the molecule is Cc1cccc(CNC(=O)c2ccc(Nc3ccc(F)c(F)c3F)cn2)c1. The van der Waals surface area contributed by atoms with E-state index in [-0.39, 0.29) is 17.3 Å². The Bertz CT molecular complexity index is 975. The first-order chi connectivity index (χ1) is 12.9. The number of amides is 1. The number of aromatic nitrogens is 1. The maximum atomic E-state index is 13.7. The number of halogens is 3. The van der Waals surface area contributed by atoms with Crippen LogP contribution in [0, 0.1) is 24.4 Å². The van der Waals surface area contributed by atoms with E-state index in [4.69, 9.17) is 0 Å². The van der Waals surface area contributed by atoms with Crippen LogP contribution in [0.2, 0.25) is 0 Å². The average molecular weight is 371 g/mol. The second-order valence-corrected chi connectivity index (χ2v) is 5.95. The fraction of sp³-hybridized carbons (Fsp3) is 0.100. The second-order valence-electron chi connectivity index (χ2n) is 5.95. The standard InChI is InChI=1S/C20H16F3N3O/c1-12-3-2-4-13(9-12)10-25-20(27)17-7-5-14(11-24-17)26-16-8-6-15(21)18(22)19(16)23/h2-9,11,26H,10H2,1H3,(H,25,27). The van der Waals surface area contributed by atoms with E-state index in [0.29, 0.717) is 12.2 Å². The molecule has 1 heterocycles. The summed E-state index contributed by atoms with van der Waals surface area (Å²) in [4.78, 5) is 16.2. The molecule has 0 fully saturated rings. The zero-order chi connectivity index (χ0) is 19.4. The van der Waals surface area contributed by atoms with Crippen LogP contribution in [0.3, 0.4) is 0 Å². The van der Waals surface area contributed by atoms with E-state index in [9.17, 15) is 18.0 Å². The minimum atomic E-state index is -1.56. The summed E-state index contributed by atoms with van der Waals surface area (Å²) in [5.41, 5.74) is 2.34. The smallest absolute Gasteiger partial charge is 0.270 e. The van der Waals surface area contributed by atoms with E-state index in [1.165, 1.54) is 18.3 Å². The highest BCUT2D eigenvalue weighted by molar-refractivity contribution is 5.92. The summed E-state index contributed by atoms with van der Waals surface area (Å²) in [5, 5.41) is 5.36. The van der Waals surface area contributed by atoms with Gasteiger partial charge in [0.1, 0.15) is 5.69 Å². The molecule has 0 aliphatic heterocycles. The Morgan fingerprint density at radius 1 is 1.04 bits per heavy atom. The molecule has 3 aromatic rings. The van der Waals surface area contributed by atoms with Crippen molar-refractivity contribution in [1.82, 2.24) is 10.3 Å². The zero-order valence-electron chi connectivity index (χ0n) is 14.4. The molecule has 0 aliphatic carbocycles. The molecule has 0 aliphatic rings. The van der Waals surface area contributed by atoms with Crippen molar-refractivity contribution in [2.24, 2.45) is 0 Å². The number of rotatable bonds is 5. The lowest BCUT2D eigenvalue weighted by molar-refractivity contribution is 0.0946. The van der Waals surface area contributed by atoms with Crippen LogP contribution >= 0.6 is 0 Å². The number of carbonyl (C=O) groups excluding carboxylic acids is 1. The van der Waals surface area contributed by atoms with Crippen LogP contribution in [0.15, 0.2) is 54.7 Å². The maximum absolute atomic E-state index is 13.7. The molecule has 27 heavy (non-hydrogen) atoms. The molecule has 2 N–H and O–H groups in total. The minimum absolute atomic E-state index is 0.180.